The quantitative estimate of drug-likeness (QED) is 0.848. The van der Waals surface area contributed by atoms with Gasteiger partial charge in [-0.2, -0.15) is 17.0 Å². The summed E-state index contributed by atoms with van der Waals surface area (Å²) in [6, 6.07) is -0.131. The normalized spacial score (nSPS) is 33.2. The summed E-state index contributed by atoms with van der Waals surface area (Å²) in [4.78, 5) is 0. The van der Waals surface area contributed by atoms with E-state index in [2.05, 4.69) is 6.92 Å². The Labute approximate surface area is 117 Å². The Bertz CT molecular complexity index is 397. The Morgan fingerprint density at radius 1 is 1.16 bits per heavy atom. The van der Waals surface area contributed by atoms with Gasteiger partial charge in [0.15, 0.2) is 0 Å². The Morgan fingerprint density at radius 2 is 1.89 bits per heavy atom. The van der Waals surface area contributed by atoms with Crippen LogP contribution in [-0.2, 0) is 10.2 Å². The lowest BCUT2D eigenvalue weighted by molar-refractivity contribution is 0.195. The van der Waals surface area contributed by atoms with Crippen molar-refractivity contribution < 1.29 is 8.42 Å². The summed E-state index contributed by atoms with van der Waals surface area (Å²) in [6.45, 7) is 5.98. The Hall–Kier alpha value is -0.170. The summed E-state index contributed by atoms with van der Waals surface area (Å²) < 4.78 is 28.9. The number of nitrogens with zero attached hydrogens (tertiary/aromatic N) is 2. The third kappa shape index (κ3) is 3.29. The molecule has 2 saturated heterocycles. The van der Waals surface area contributed by atoms with Gasteiger partial charge in [0.05, 0.1) is 0 Å². The summed E-state index contributed by atoms with van der Waals surface area (Å²) in [7, 11) is -3.33. The Morgan fingerprint density at radius 3 is 2.53 bits per heavy atom. The molecular weight excluding hydrogens is 262 g/mol. The van der Waals surface area contributed by atoms with Crippen molar-refractivity contribution in [3.63, 3.8) is 0 Å². The van der Waals surface area contributed by atoms with Crippen LogP contribution >= 0.6 is 0 Å². The van der Waals surface area contributed by atoms with Crippen LogP contribution in [0.25, 0.3) is 0 Å². The van der Waals surface area contributed by atoms with Crippen LogP contribution in [0.2, 0.25) is 0 Å². The minimum Gasteiger partial charge on any atom is -0.326 e. The molecule has 112 valence electrons. The molecule has 0 aromatic rings. The van der Waals surface area contributed by atoms with Gasteiger partial charge in [-0.05, 0) is 38.5 Å². The molecular formula is C13H27N3O2S. The van der Waals surface area contributed by atoms with Gasteiger partial charge in [0.25, 0.3) is 10.2 Å². The first-order valence-corrected chi connectivity index (χ1v) is 8.85. The molecule has 19 heavy (non-hydrogen) atoms. The molecule has 5 nitrogen and oxygen atoms in total. The molecule has 2 aliphatic heterocycles. The van der Waals surface area contributed by atoms with E-state index in [0.717, 1.165) is 32.1 Å². The minimum atomic E-state index is -3.33. The number of hydrogen-bond donors (Lipinski definition) is 1. The maximum Gasteiger partial charge on any atom is 0.282 e. The van der Waals surface area contributed by atoms with Gasteiger partial charge in [0, 0.05) is 31.7 Å². The molecule has 0 bridgehead atoms. The zero-order chi connectivity index (χ0) is 14.0. The van der Waals surface area contributed by atoms with Gasteiger partial charge in [-0.15, -0.1) is 0 Å². The molecule has 0 amide bonds. The molecule has 2 fully saturated rings. The highest BCUT2D eigenvalue weighted by Gasteiger charge is 2.39. The van der Waals surface area contributed by atoms with Gasteiger partial charge >= 0.3 is 0 Å². The van der Waals surface area contributed by atoms with E-state index >= 15 is 0 Å². The maximum absolute atomic E-state index is 12.8. The predicted octanol–water partition coefficient (Wildman–Crippen LogP) is 1.16. The average molecular weight is 289 g/mol. The molecule has 0 aromatic heterocycles. The Kier molecular flexibility index (Phi) is 4.87. The third-order valence-corrected chi connectivity index (χ3v) is 6.38. The molecule has 0 saturated carbocycles. The lowest BCUT2D eigenvalue weighted by Crippen LogP contribution is -2.57. The SMILES string of the molecule is C[C@@H]1CCCN(S(=O)(=O)N2CCCC[C@@H]2[C@@H](C)N)C1. The fourth-order valence-corrected chi connectivity index (χ4v) is 5.35. The van der Waals surface area contributed by atoms with E-state index in [-0.39, 0.29) is 12.1 Å². The fourth-order valence-electron chi connectivity index (χ4n) is 3.25. The molecule has 0 unspecified atom stereocenters. The summed E-state index contributed by atoms with van der Waals surface area (Å²) in [5, 5.41) is 0. The third-order valence-electron chi connectivity index (χ3n) is 4.35. The van der Waals surface area contributed by atoms with Crippen LogP contribution in [0.1, 0.15) is 46.0 Å². The van der Waals surface area contributed by atoms with Crippen LogP contribution in [0.4, 0.5) is 0 Å². The fraction of sp³-hybridized carbons (Fsp3) is 1.00. The summed E-state index contributed by atoms with van der Waals surface area (Å²) >= 11 is 0. The minimum absolute atomic E-state index is 0.0315. The molecule has 2 rings (SSSR count). The van der Waals surface area contributed by atoms with Crippen LogP contribution in [0.15, 0.2) is 0 Å². The van der Waals surface area contributed by atoms with Crippen molar-refractivity contribution in [2.45, 2.75) is 58.0 Å². The monoisotopic (exact) mass is 289 g/mol. The predicted molar refractivity (Wildman–Crippen MR) is 76.9 cm³/mol. The molecule has 3 atom stereocenters. The van der Waals surface area contributed by atoms with E-state index in [0.29, 0.717) is 25.6 Å². The molecule has 0 radical (unpaired) electrons. The van der Waals surface area contributed by atoms with Crippen molar-refractivity contribution in [3.8, 4) is 0 Å². The highest BCUT2D eigenvalue weighted by atomic mass is 32.2. The van der Waals surface area contributed by atoms with Gasteiger partial charge in [-0.25, -0.2) is 0 Å². The molecule has 2 N–H and O–H groups in total. The van der Waals surface area contributed by atoms with Crippen LogP contribution < -0.4 is 5.73 Å². The lowest BCUT2D eigenvalue weighted by atomic mass is 10.00. The van der Waals surface area contributed by atoms with Gasteiger partial charge in [-0.3, -0.25) is 0 Å². The van der Waals surface area contributed by atoms with Crippen molar-refractivity contribution in [3.05, 3.63) is 0 Å². The standard InChI is InChI=1S/C13H27N3O2S/c1-11-6-5-8-15(10-11)19(17,18)16-9-4-3-7-13(16)12(2)14/h11-13H,3-10,14H2,1-2H3/t11-,12-,13-/m1/s1. The molecule has 2 aliphatic rings. The van der Waals surface area contributed by atoms with Gasteiger partial charge in [0.2, 0.25) is 0 Å². The smallest absolute Gasteiger partial charge is 0.282 e. The largest absolute Gasteiger partial charge is 0.326 e. The van der Waals surface area contributed by atoms with E-state index in [4.69, 9.17) is 5.73 Å². The van der Waals surface area contributed by atoms with Crippen LogP contribution in [0.3, 0.4) is 0 Å². The maximum atomic E-state index is 12.8. The second kappa shape index (κ2) is 6.08. The van der Waals surface area contributed by atoms with Crippen LogP contribution in [-0.4, -0.2) is 48.7 Å². The second-order valence-electron chi connectivity index (χ2n) is 6.15. The second-order valence-corrected chi connectivity index (χ2v) is 8.03. The van der Waals surface area contributed by atoms with E-state index in [9.17, 15) is 8.42 Å². The van der Waals surface area contributed by atoms with Crippen molar-refractivity contribution >= 4 is 10.2 Å². The summed E-state index contributed by atoms with van der Waals surface area (Å²) in [5.41, 5.74) is 5.99. The molecule has 0 spiro atoms. The zero-order valence-corrected chi connectivity index (χ0v) is 12.9. The van der Waals surface area contributed by atoms with E-state index < -0.39 is 10.2 Å². The molecule has 2 heterocycles. The molecule has 0 aliphatic carbocycles. The van der Waals surface area contributed by atoms with E-state index in [1.807, 2.05) is 6.92 Å². The summed E-state index contributed by atoms with van der Waals surface area (Å²) in [5.74, 6) is 0.460. The topological polar surface area (TPSA) is 66.6 Å². The number of piperidine rings is 2. The van der Waals surface area contributed by atoms with Crippen molar-refractivity contribution in [1.29, 1.82) is 0 Å². The van der Waals surface area contributed by atoms with Crippen molar-refractivity contribution in [1.82, 2.24) is 8.61 Å². The van der Waals surface area contributed by atoms with Crippen molar-refractivity contribution in [2.24, 2.45) is 11.7 Å². The molecule has 6 heteroatoms. The summed E-state index contributed by atoms with van der Waals surface area (Å²) in [6.07, 6.45) is 5.01. The lowest BCUT2D eigenvalue weighted by Gasteiger charge is -2.41. The van der Waals surface area contributed by atoms with E-state index in [1.54, 1.807) is 8.61 Å². The van der Waals surface area contributed by atoms with Gasteiger partial charge in [-0.1, -0.05) is 13.3 Å². The highest BCUT2D eigenvalue weighted by molar-refractivity contribution is 7.86. The number of rotatable bonds is 3. The average Bonchev–Trinajstić information content (AvgIpc) is 2.38. The van der Waals surface area contributed by atoms with Gasteiger partial charge < -0.3 is 5.73 Å². The van der Waals surface area contributed by atoms with Crippen LogP contribution in [0.5, 0.6) is 0 Å². The Balaban J connectivity index is 2.16. The first-order valence-electron chi connectivity index (χ1n) is 7.45. The van der Waals surface area contributed by atoms with Gasteiger partial charge in [0.1, 0.15) is 0 Å². The number of hydrogen-bond acceptors (Lipinski definition) is 3. The van der Waals surface area contributed by atoms with Crippen LogP contribution in [0, 0.1) is 5.92 Å². The highest BCUT2D eigenvalue weighted by Crippen LogP contribution is 2.27. The number of nitrogens with two attached hydrogens (primary N) is 1. The first-order chi connectivity index (χ1) is 8.93. The van der Waals surface area contributed by atoms with E-state index in [1.165, 1.54) is 0 Å². The first kappa shape index (κ1) is 15.2. The molecule has 0 aromatic carbocycles. The zero-order valence-electron chi connectivity index (χ0n) is 12.1. The van der Waals surface area contributed by atoms with Crippen molar-refractivity contribution in [2.75, 3.05) is 19.6 Å².